The second-order valence-corrected chi connectivity index (χ2v) is 9.48. The van der Waals surface area contributed by atoms with Crippen LogP contribution in [-0.4, -0.2) is 43.3 Å². The largest absolute Gasteiger partial charge is 0.573 e. The highest BCUT2D eigenvalue weighted by Crippen LogP contribution is 2.48. The van der Waals surface area contributed by atoms with Crippen molar-refractivity contribution in [2.24, 2.45) is 5.92 Å². The molecule has 1 aliphatic carbocycles. The summed E-state index contributed by atoms with van der Waals surface area (Å²) in [6.45, 7) is 1.64. The molecule has 2 aromatic rings. The Morgan fingerprint density at radius 1 is 0.972 bits per heavy atom. The number of benzene rings is 2. The number of likely N-dealkylation sites (tertiary alicyclic amines) is 1. The average molecular weight is 515 g/mol. The van der Waals surface area contributed by atoms with Crippen molar-refractivity contribution in [1.82, 2.24) is 4.90 Å². The van der Waals surface area contributed by atoms with Crippen molar-refractivity contribution >= 4 is 5.78 Å². The lowest BCUT2D eigenvalue weighted by Gasteiger charge is -2.43. The molecule has 0 bridgehead atoms. The van der Waals surface area contributed by atoms with Crippen LogP contribution >= 0.6 is 0 Å². The predicted molar refractivity (Wildman–Crippen MR) is 120 cm³/mol. The predicted octanol–water partition coefficient (Wildman–Crippen LogP) is 6.39. The molecule has 0 unspecified atom stereocenters. The Labute approximate surface area is 205 Å². The van der Waals surface area contributed by atoms with E-state index in [0.717, 1.165) is 31.4 Å². The molecular weight excluding hydrogens is 488 g/mol. The number of rotatable bonds is 8. The number of hydrogen-bond acceptors (Lipinski definition) is 4. The van der Waals surface area contributed by atoms with E-state index in [-0.39, 0.29) is 29.6 Å². The van der Waals surface area contributed by atoms with Crippen LogP contribution in [0, 0.1) is 5.92 Å². The number of piperidine rings is 1. The van der Waals surface area contributed by atoms with Crippen LogP contribution in [-0.2, 0) is 16.4 Å². The highest BCUT2D eigenvalue weighted by atomic mass is 19.4. The second-order valence-electron chi connectivity index (χ2n) is 9.48. The van der Waals surface area contributed by atoms with Crippen LogP contribution in [0.5, 0.6) is 11.5 Å². The number of nitrogens with zero attached hydrogens (tertiary/aromatic N) is 1. The standard InChI is InChI=1S/C26H27F6NO3/c27-25(28,29)19-8-10-20(11-9-19)35-17-18-5-3-14-33(15-18)16-23(34)24(12-4-13-24)21-6-1-2-7-22(21)36-26(30,31)32/h1-2,6-11,18H,3-5,12-17H2/t18-/m1/s1. The Hall–Kier alpha value is -2.75. The van der Waals surface area contributed by atoms with Crippen molar-refractivity contribution in [2.45, 2.75) is 50.1 Å². The van der Waals surface area contributed by atoms with E-state index in [0.29, 0.717) is 38.3 Å². The van der Waals surface area contributed by atoms with E-state index in [9.17, 15) is 31.1 Å². The number of carbonyl (C=O) groups is 1. The summed E-state index contributed by atoms with van der Waals surface area (Å²) in [5, 5.41) is 0. The molecule has 0 aromatic heterocycles. The van der Waals surface area contributed by atoms with Crippen molar-refractivity contribution in [3.05, 3.63) is 59.7 Å². The summed E-state index contributed by atoms with van der Waals surface area (Å²) < 4.78 is 86.9. The molecule has 1 atom stereocenters. The van der Waals surface area contributed by atoms with E-state index in [2.05, 4.69) is 4.74 Å². The molecule has 196 valence electrons. The SMILES string of the molecule is O=C(CN1CCC[C@@H](COc2ccc(C(F)(F)F)cc2)C1)C1(c2ccccc2OC(F)(F)F)CCC1. The molecule has 1 aliphatic heterocycles. The fraction of sp³-hybridized carbons (Fsp3) is 0.500. The quantitative estimate of drug-likeness (QED) is 0.382. The van der Waals surface area contributed by atoms with Gasteiger partial charge in [0.1, 0.15) is 11.5 Å². The number of halogens is 6. The minimum absolute atomic E-state index is 0.0760. The molecule has 0 N–H and O–H groups in total. The topological polar surface area (TPSA) is 38.8 Å². The van der Waals surface area contributed by atoms with Gasteiger partial charge in [0.2, 0.25) is 0 Å². The Morgan fingerprint density at radius 3 is 2.28 bits per heavy atom. The third kappa shape index (κ3) is 6.14. The Morgan fingerprint density at radius 2 is 1.67 bits per heavy atom. The molecule has 0 radical (unpaired) electrons. The van der Waals surface area contributed by atoms with Gasteiger partial charge in [0, 0.05) is 18.0 Å². The number of ketones is 1. The van der Waals surface area contributed by atoms with Gasteiger partial charge in [-0.1, -0.05) is 24.6 Å². The summed E-state index contributed by atoms with van der Waals surface area (Å²) in [4.78, 5) is 15.4. The Balaban J connectivity index is 1.37. The normalized spacial score (nSPS) is 20.4. The average Bonchev–Trinajstić information content (AvgIpc) is 2.77. The molecule has 10 heteroatoms. The van der Waals surface area contributed by atoms with Crippen LogP contribution in [0.3, 0.4) is 0 Å². The van der Waals surface area contributed by atoms with Crippen molar-refractivity contribution in [3.8, 4) is 11.5 Å². The molecule has 0 spiro atoms. The van der Waals surface area contributed by atoms with E-state index in [4.69, 9.17) is 4.74 Å². The van der Waals surface area contributed by atoms with Gasteiger partial charge in [-0.15, -0.1) is 13.2 Å². The fourth-order valence-electron chi connectivity index (χ4n) is 5.04. The Kier molecular flexibility index (Phi) is 7.54. The van der Waals surface area contributed by atoms with Gasteiger partial charge in [-0.05, 0) is 62.6 Å². The van der Waals surface area contributed by atoms with Gasteiger partial charge < -0.3 is 9.47 Å². The molecule has 1 saturated carbocycles. The monoisotopic (exact) mass is 515 g/mol. The zero-order chi connectivity index (χ0) is 26.0. The van der Waals surface area contributed by atoms with Crippen LogP contribution in [0.2, 0.25) is 0 Å². The fourth-order valence-corrected chi connectivity index (χ4v) is 5.04. The third-order valence-corrected chi connectivity index (χ3v) is 7.01. The minimum atomic E-state index is -4.85. The van der Waals surface area contributed by atoms with Gasteiger partial charge in [0.15, 0.2) is 5.78 Å². The molecular formula is C26H27F6NO3. The van der Waals surface area contributed by atoms with E-state index in [1.807, 2.05) is 4.90 Å². The number of alkyl halides is 6. The van der Waals surface area contributed by atoms with Gasteiger partial charge in [-0.3, -0.25) is 9.69 Å². The van der Waals surface area contributed by atoms with Crippen LogP contribution in [0.25, 0.3) is 0 Å². The summed E-state index contributed by atoms with van der Waals surface area (Å²) in [7, 11) is 0. The summed E-state index contributed by atoms with van der Waals surface area (Å²) >= 11 is 0. The van der Waals surface area contributed by atoms with Crippen molar-refractivity contribution in [3.63, 3.8) is 0 Å². The van der Waals surface area contributed by atoms with Crippen molar-refractivity contribution in [1.29, 1.82) is 0 Å². The van der Waals surface area contributed by atoms with Crippen LogP contribution in [0.1, 0.15) is 43.2 Å². The lowest BCUT2D eigenvalue weighted by Crippen LogP contribution is -2.50. The highest BCUT2D eigenvalue weighted by Gasteiger charge is 2.48. The summed E-state index contributed by atoms with van der Waals surface area (Å²) in [5.41, 5.74) is -1.46. The first-order valence-electron chi connectivity index (χ1n) is 11.9. The lowest BCUT2D eigenvalue weighted by atomic mass is 9.61. The molecule has 4 nitrogen and oxygen atoms in total. The minimum Gasteiger partial charge on any atom is -0.493 e. The first kappa shape index (κ1) is 26.3. The molecule has 36 heavy (non-hydrogen) atoms. The molecule has 0 amide bonds. The number of para-hydroxylation sites is 1. The zero-order valence-electron chi connectivity index (χ0n) is 19.5. The van der Waals surface area contributed by atoms with Crippen molar-refractivity contribution in [2.75, 3.05) is 26.2 Å². The van der Waals surface area contributed by atoms with E-state index in [1.54, 1.807) is 6.07 Å². The maximum atomic E-state index is 13.4. The highest BCUT2D eigenvalue weighted by molar-refractivity contribution is 5.93. The Bertz CT molecular complexity index is 1050. The molecule has 1 heterocycles. The van der Waals surface area contributed by atoms with Crippen molar-refractivity contribution < 1.29 is 40.6 Å². The smallest absolute Gasteiger partial charge is 0.493 e. The molecule has 1 saturated heterocycles. The molecule has 2 fully saturated rings. The van der Waals surface area contributed by atoms with Crippen LogP contribution in [0.4, 0.5) is 26.3 Å². The van der Waals surface area contributed by atoms with Gasteiger partial charge >= 0.3 is 12.5 Å². The van der Waals surface area contributed by atoms with E-state index < -0.39 is 23.5 Å². The van der Waals surface area contributed by atoms with Crippen LogP contribution in [0.15, 0.2) is 48.5 Å². The van der Waals surface area contributed by atoms with Gasteiger partial charge in [-0.25, -0.2) is 0 Å². The van der Waals surface area contributed by atoms with Gasteiger partial charge in [0.05, 0.1) is 24.1 Å². The number of Topliss-reactive ketones (excluding diaryl/α,β-unsaturated/α-hetero) is 1. The first-order chi connectivity index (χ1) is 17.0. The summed E-state index contributed by atoms with van der Waals surface area (Å²) in [6, 6.07) is 10.4. The number of carbonyl (C=O) groups excluding carboxylic acids is 1. The van der Waals surface area contributed by atoms with Crippen LogP contribution < -0.4 is 9.47 Å². The molecule has 2 aliphatic rings. The van der Waals surface area contributed by atoms with E-state index in [1.165, 1.54) is 30.3 Å². The maximum absolute atomic E-state index is 13.4. The third-order valence-electron chi connectivity index (χ3n) is 7.01. The summed E-state index contributed by atoms with van der Waals surface area (Å²) in [5.74, 6) is -0.0475. The summed E-state index contributed by atoms with van der Waals surface area (Å²) in [6.07, 6.45) is -5.91. The number of hydrogen-bond donors (Lipinski definition) is 0. The molecule has 2 aromatic carbocycles. The zero-order valence-corrected chi connectivity index (χ0v) is 19.5. The molecule has 4 rings (SSSR count). The van der Waals surface area contributed by atoms with E-state index >= 15 is 0 Å². The van der Waals surface area contributed by atoms with Gasteiger partial charge in [0.25, 0.3) is 0 Å². The first-order valence-corrected chi connectivity index (χ1v) is 11.9. The van der Waals surface area contributed by atoms with Gasteiger partial charge in [-0.2, -0.15) is 13.2 Å². The number of ether oxygens (including phenoxy) is 2. The lowest BCUT2D eigenvalue weighted by molar-refractivity contribution is -0.275. The maximum Gasteiger partial charge on any atom is 0.573 e. The second kappa shape index (κ2) is 10.3.